The number of unbranched alkanes of at least 4 members (excludes halogenated alkanes) is 1. The molecule has 9 nitrogen and oxygen atoms in total. The van der Waals surface area contributed by atoms with Crippen LogP contribution in [0.3, 0.4) is 0 Å². The van der Waals surface area contributed by atoms with Gasteiger partial charge >= 0.3 is 0 Å². The van der Waals surface area contributed by atoms with Crippen LogP contribution in [0.15, 0.2) is 54.1 Å². The SMILES string of the molecule is CCCCN1C(=O)[C@@]2(C(=C(O)c3ccc(OC)cc3)C(=O)C(=O)N2CCCN2CCOCC2)c2ccccc21. The number of methoxy groups -OCH3 is 1. The summed E-state index contributed by atoms with van der Waals surface area (Å²) in [5.41, 5.74) is -0.365. The molecule has 3 aliphatic rings. The second-order valence-corrected chi connectivity index (χ2v) is 10.1. The van der Waals surface area contributed by atoms with E-state index in [0.29, 0.717) is 55.3 Å². The lowest BCUT2D eigenvalue weighted by Gasteiger charge is -2.35. The maximum atomic E-state index is 14.5. The van der Waals surface area contributed by atoms with Crippen molar-refractivity contribution in [2.75, 3.05) is 57.9 Å². The van der Waals surface area contributed by atoms with Crippen LogP contribution in [-0.2, 0) is 24.7 Å². The Kier molecular flexibility index (Phi) is 7.72. The molecule has 0 unspecified atom stereocenters. The van der Waals surface area contributed by atoms with Crippen molar-refractivity contribution >= 4 is 29.0 Å². The van der Waals surface area contributed by atoms with Crippen LogP contribution in [0.4, 0.5) is 5.69 Å². The van der Waals surface area contributed by atoms with Crippen LogP contribution in [0, 0.1) is 0 Å². The van der Waals surface area contributed by atoms with Crippen LogP contribution in [0.25, 0.3) is 5.76 Å². The Morgan fingerprint density at radius 2 is 1.69 bits per heavy atom. The molecular weight excluding hydrogens is 498 g/mol. The molecule has 5 rings (SSSR count). The average molecular weight is 534 g/mol. The lowest BCUT2D eigenvalue weighted by Crippen LogP contribution is -2.52. The van der Waals surface area contributed by atoms with Gasteiger partial charge in [-0.25, -0.2) is 0 Å². The number of nitrogens with zero attached hydrogens (tertiary/aromatic N) is 3. The topological polar surface area (TPSA) is 99.6 Å². The molecule has 2 aromatic rings. The van der Waals surface area contributed by atoms with Crippen molar-refractivity contribution in [1.29, 1.82) is 0 Å². The van der Waals surface area contributed by atoms with Gasteiger partial charge in [-0.15, -0.1) is 0 Å². The fourth-order valence-electron chi connectivity index (χ4n) is 5.88. The smallest absolute Gasteiger partial charge is 0.296 e. The van der Waals surface area contributed by atoms with Crippen molar-refractivity contribution in [3.63, 3.8) is 0 Å². The highest BCUT2D eigenvalue weighted by atomic mass is 16.5. The van der Waals surface area contributed by atoms with Gasteiger partial charge in [0.15, 0.2) is 5.54 Å². The summed E-state index contributed by atoms with van der Waals surface area (Å²) in [6, 6.07) is 13.9. The van der Waals surface area contributed by atoms with Crippen LogP contribution in [0.1, 0.15) is 37.3 Å². The van der Waals surface area contributed by atoms with E-state index in [9.17, 15) is 19.5 Å². The number of carbonyl (C=O) groups is 3. The number of fused-ring (bicyclic) bond motifs is 2. The molecule has 206 valence electrons. The molecule has 1 spiro atoms. The van der Waals surface area contributed by atoms with E-state index in [-0.39, 0.29) is 23.8 Å². The molecule has 3 aliphatic heterocycles. The van der Waals surface area contributed by atoms with Gasteiger partial charge in [-0.05, 0) is 43.2 Å². The number of hydrogen-bond acceptors (Lipinski definition) is 7. The van der Waals surface area contributed by atoms with Crippen molar-refractivity contribution in [2.24, 2.45) is 0 Å². The number of morpholine rings is 1. The zero-order valence-electron chi connectivity index (χ0n) is 22.5. The first-order chi connectivity index (χ1) is 18.9. The number of likely N-dealkylation sites (tertiary alicyclic amines) is 1. The molecule has 2 saturated heterocycles. The van der Waals surface area contributed by atoms with Crippen LogP contribution in [0.2, 0.25) is 0 Å². The summed E-state index contributed by atoms with van der Waals surface area (Å²) in [6.07, 6.45) is 2.21. The molecule has 2 fully saturated rings. The van der Waals surface area contributed by atoms with Crippen LogP contribution >= 0.6 is 0 Å². The predicted octanol–water partition coefficient (Wildman–Crippen LogP) is 3.14. The Morgan fingerprint density at radius 3 is 2.38 bits per heavy atom. The lowest BCUT2D eigenvalue weighted by atomic mass is 9.82. The first-order valence-corrected chi connectivity index (χ1v) is 13.6. The number of hydrogen-bond donors (Lipinski definition) is 1. The summed E-state index contributed by atoms with van der Waals surface area (Å²) >= 11 is 0. The third kappa shape index (κ3) is 4.49. The molecule has 39 heavy (non-hydrogen) atoms. The predicted molar refractivity (Wildman–Crippen MR) is 147 cm³/mol. The number of rotatable bonds is 9. The molecule has 0 aliphatic carbocycles. The van der Waals surface area contributed by atoms with E-state index in [0.717, 1.165) is 25.9 Å². The highest BCUT2D eigenvalue weighted by Crippen LogP contribution is 2.53. The number of para-hydroxylation sites is 1. The van der Waals surface area contributed by atoms with Crippen molar-refractivity contribution in [1.82, 2.24) is 9.80 Å². The summed E-state index contributed by atoms with van der Waals surface area (Å²) in [7, 11) is 1.54. The number of Topliss-reactive ketones (excluding diaryl/α,β-unsaturated/α-hetero) is 1. The van der Waals surface area contributed by atoms with Crippen molar-refractivity contribution in [3.05, 3.63) is 65.2 Å². The monoisotopic (exact) mass is 533 g/mol. The van der Waals surface area contributed by atoms with E-state index in [4.69, 9.17) is 9.47 Å². The number of anilines is 1. The Morgan fingerprint density at radius 1 is 0.974 bits per heavy atom. The number of aliphatic hydroxyl groups excluding tert-OH is 1. The first-order valence-electron chi connectivity index (χ1n) is 13.6. The van der Waals surface area contributed by atoms with E-state index < -0.39 is 17.2 Å². The summed E-state index contributed by atoms with van der Waals surface area (Å²) in [5.74, 6) is -1.79. The highest BCUT2D eigenvalue weighted by Gasteiger charge is 2.66. The molecule has 0 radical (unpaired) electrons. The number of ether oxygens (including phenoxy) is 2. The zero-order chi connectivity index (χ0) is 27.6. The molecule has 2 amide bonds. The second kappa shape index (κ2) is 11.2. The fourth-order valence-corrected chi connectivity index (χ4v) is 5.88. The van der Waals surface area contributed by atoms with Gasteiger partial charge < -0.3 is 24.4 Å². The van der Waals surface area contributed by atoms with Gasteiger partial charge in [0.1, 0.15) is 11.5 Å². The quantitative estimate of drug-likeness (QED) is 0.300. The lowest BCUT2D eigenvalue weighted by molar-refractivity contribution is -0.143. The first kappa shape index (κ1) is 26.9. The van der Waals surface area contributed by atoms with Crippen LogP contribution in [-0.4, -0.2) is 85.6 Å². The maximum absolute atomic E-state index is 14.5. The molecule has 9 heteroatoms. The van der Waals surface area contributed by atoms with Crippen molar-refractivity contribution in [2.45, 2.75) is 31.7 Å². The van der Waals surface area contributed by atoms with E-state index in [1.807, 2.05) is 19.1 Å². The number of ketones is 1. The van der Waals surface area contributed by atoms with Gasteiger partial charge in [0.2, 0.25) is 0 Å². The van der Waals surface area contributed by atoms with Gasteiger partial charge in [0.05, 0.1) is 31.6 Å². The average Bonchev–Trinajstić information content (AvgIpc) is 3.35. The van der Waals surface area contributed by atoms with E-state index in [2.05, 4.69) is 4.90 Å². The fraction of sp³-hybridized carbons (Fsp3) is 0.433. The second-order valence-electron chi connectivity index (χ2n) is 10.1. The van der Waals surface area contributed by atoms with Gasteiger partial charge in [-0.2, -0.15) is 0 Å². The summed E-state index contributed by atoms with van der Waals surface area (Å²) in [5, 5.41) is 11.6. The molecule has 0 saturated carbocycles. The number of benzene rings is 2. The molecule has 2 aromatic carbocycles. The van der Waals surface area contributed by atoms with E-state index >= 15 is 0 Å². The summed E-state index contributed by atoms with van der Waals surface area (Å²) < 4.78 is 10.7. The number of aliphatic hydroxyl groups is 1. The highest BCUT2D eigenvalue weighted by molar-refractivity contribution is 6.50. The van der Waals surface area contributed by atoms with Gasteiger partial charge in [-0.3, -0.25) is 19.3 Å². The zero-order valence-corrected chi connectivity index (χ0v) is 22.5. The van der Waals surface area contributed by atoms with Crippen LogP contribution < -0.4 is 9.64 Å². The molecule has 1 N–H and O–H groups in total. The van der Waals surface area contributed by atoms with E-state index in [1.165, 1.54) is 12.0 Å². The Hall–Kier alpha value is -3.69. The van der Waals surface area contributed by atoms with Gasteiger partial charge in [0, 0.05) is 43.9 Å². The molecule has 3 heterocycles. The molecule has 0 aromatic heterocycles. The largest absolute Gasteiger partial charge is 0.507 e. The van der Waals surface area contributed by atoms with Gasteiger partial charge in [-0.1, -0.05) is 31.5 Å². The minimum atomic E-state index is -1.73. The number of amides is 2. The molecular formula is C30H35N3O6. The minimum absolute atomic E-state index is 0.180. The maximum Gasteiger partial charge on any atom is 0.296 e. The summed E-state index contributed by atoms with van der Waals surface area (Å²) in [4.78, 5) is 47.2. The molecule has 1 atom stereocenters. The van der Waals surface area contributed by atoms with Gasteiger partial charge in [0.25, 0.3) is 17.6 Å². The Labute approximate surface area is 228 Å². The normalized spacial score (nSPS) is 22.7. The number of carbonyl (C=O) groups excluding carboxylic acids is 3. The Balaban J connectivity index is 1.63. The third-order valence-corrected chi connectivity index (χ3v) is 7.87. The van der Waals surface area contributed by atoms with Crippen LogP contribution in [0.5, 0.6) is 5.75 Å². The standard InChI is InChI=1S/C30H35N3O6/c1-3-4-15-32-24-9-6-5-8-23(24)30(29(32)37)25(26(34)21-10-12-22(38-2)13-11-21)27(35)28(36)33(30)16-7-14-31-17-19-39-20-18-31/h5-6,8-13,34H,3-4,7,14-20H2,1-2H3/t30-/m0/s1. The minimum Gasteiger partial charge on any atom is -0.507 e. The third-order valence-electron chi connectivity index (χ3n) is 7.87. The Bertz CT molecular complexity index is 1280. The van der Waals surface area contributed by atoms with Crippen molar-refractivity contribution in [3.8, 4) is 5.75 Å². The molecule has 0 bridgehead atoms. The summed E-state index contributed by atoms with van der Waals surface area (Å²) in [6.45, 7) is 6.32. The van der Waals surface area contributed by atoms with Crippen molar-refractivity contribution < 1.29 is 29.0 Å². The van der Waals surface area contributed by atoms with E-state index in [1.54, 1.807) is 41.3 Å².